The third-order valence-electron chi connectivity index (χ3n) is 3.30. The standard InChI is InChI=1S/C14H19N3O4/c1-17(2)13(18)11-7-9(5-6-15-11)16-8-10-3-4-12(21-10)14(19)20/h5-7,10,12H,3-4,8H2,1-2H3,(H,15,16)(H,19,20). The molecule has 1 aromatic heterocycles. The third kappa shape index (κ3) is 3.91. The summed E-state index contributed by atoms with van der Waals surface area (Å²) < 4.78 is 5.41. The summed E-state index contributed by atoms with van der Waals surface area (Å²) in [5, 5.41) is 12.0. The third-order valence-corrected chi connectivity index (χ3v) is 3.30. The molecule has 7 heteroatoms. The smallest absolute Gasteiger partial charge is 0.332 e. The molecule has 1 aliphatic heterocycles. The van der Waals surface area contributed by atoms with Crippen molar-refractivity contribution < 1.29 is 19.4 Å². The fourth-order valence-corrected chi connectivity index (χ4v) is 2.16. The molecular formula is C14H19N3O4. The van der Waals surface area contributed by atoms with Gasteiger partial charge in [0.15, 0.2) is 6.10 Å². The number of aromatic nitrogens is 1. The van der Waals surface area contributed by atoms with Crippen LogP contribution in [0.1, 0.15) is 23.3 Å². The molecule has 0 aromatic carbocycles. The van der Waals surface area contributed by atoms with Crippen LogP contribution in [0.3, 0.4) is 0 Å². The lowest BCUT2D eigenvalue weighted by molar-refractivity contribution is -0.149. The van der Waals surface area contributed by atoms with Gasteiger partial charge >= 0.3 is 5.97 Å². The van der Waals surface area contributed by atoms with Gasteiger partial charge < -0.3 is 20.1 Å². The number of anilines is 1. The average molecular weight is 293 g/mol. The molecule has 21 heavy (non-hydrogen) atoms. The zero-order valence-electron chi connectivity index (χ0n) is 12.1. The fraction of sp³-hybridized carbons (Fsp3) is 0.500. The summed E-state index contributed by atoms with van der Waals surface area (Å²) in [7, 11) is 3.34. The average Bonchev–Trinajstić information content (AvgIpc) is 2.93. The molecule has 1 amide bonds. The van der Waals surface area contributed by atoms with Crippen molar-refractivity contribution in [2.45, 2.75) is 25.0 Å². The minimum absolute atomic E-state index is 0.132. The fourth-order valence-electron chi connectivity index (χ4n) is 2.16. The van der Waals surface area contributed by atoms with Crippen LogP contribution >= 0.6 is 0 Å². The van der Waals surface area contributed by atoms with Crippen LogP contribution < -0.4 is 5.32 Å². The minimum atomic E-state index is -0.916. The Labute approximate surface area is 122 Å². The summed E-state index contributed by atoms with van der Waals surface area (Å²) in [5.74, 6) is -1.08. The topological polar surface area (TPSA) is 91.8 Å². The van der Waals surface area contributed by atoms with Crippen molar-refractivity contribution in [3.05, 3.63) is 24.0 Å². The van der Waals surface area contributed by atoms with Crippen LogP contribution in [0.2, 0.25) is 0 Å². The first-order chi connectivity index (χ1) is 9.97. The number of aliphatic carboxylic acids is 1. The molecule has 1 aliphatic rings. The van der Waals surface area contributed by atoms with Gasteiger partial charge in [-0.2, -0.15) is 0 Å². The molecular weight excluding hydrogens is 274 g/mol. The van der Waals surface area contributed by atoms with E-state index < -0.39 is 12.1 Å². The molecule has 2 heterocycles. The number of carboxylic acids is 1. The Balaban J connectivity index is 1.91. The normalized spacial score (nSPS) is 21.0. The number of hydrogen-bond donors (Lipinski definition) is 2. The molecule has 2 atom stereocenters. The molecule has 2 unspecified atom stereocenters. The van der Waals surface area contributed by atoms with Crippen molar-refractivity contribution in [2.24, 2.45) is 0 Å². The van der Waals surface area contributed by atoms with Gasteiger partial charge in [-0.25, -0.2) is 4.79 Å². The van der Waals surface area contributed by atoms with Crippen LogP contribution in [0, 0.1) is 0 Å². The Morgan fingerprint density at radius 2 is 2.24 bits per heavy atom. The molecule has 0 bridgehead atoms. The first-order valence-corrected chi connectivity index (χ1v) is 6.77. The van der Waals surface area contributed by atoms with Gasteiger partial charge in [0.2, 0.25) is 0 Å². The number of carboxylic acid groups (broad SMARTS) is 1. The number of nitrogens with zero attached hydrogens (tertiary/aromatic N) is 2. The highest BCUT2D eigenvalue weighted by molar-refractivity contribution is 5.92. The lowest BCUT2D eigenvalue weighted by Crippen LogP contribution is -2.25. The molecule has 7 nitrogen and oxygen atoms in total. The number of pyridine rings is 1. The summed E-state index contributed by atoms with van der Waals surface area (Å²) in [6.45, 7) is 0.503. The van der Waals surface area contributed by atoms with Crippen molar-refractivity contribution in [3.63, 3.8) is 0 Å². The van der Waals surface area contributed by atoms with Crippen molar-refractivity contribution in [3.8, 4) is 0 Å². The maximum absolute atomic E-state index is 11.8. The molecule has 0 spiro atoms. The SMILES string of the molecule is CN(C)C(=O)c1cc(NCC2CCC(C(=O)O)O2)ccn1. The molecule has 1 fully saturated rings. The van der Waals surface area contributed by atoms with E-state index in [4.69, 9.17) is 9.84 Å². The lowest BCUT2D eigenvalue weighted by Gasteiger charge is -2.14. The van der Waals surface area contributed by atoms with E-state index in [1.54, 1.807) is 32.4 Å². The quantitative estimate of drug-likeness (QED) is 0.835. The second-order valence-corrected chi connectivity index (χ2v) is 5.17. The van der Waals surface area contributed by atoms with Gasteiger partial charge in [0, 0.05) is 32.5 Å². The Kier molecular flexibility index (Phi) is 4.74. The molecule has 0 saturated carbocycles. The van der Waals surface area contributed by atoms with E-state index in [0.717, 1.165) is 5.69 Å². The largest absolute Gasteiger partial charge is 0.479 e. The lowest BCUT2D eigenvalue weighted by atomic mass is 10.2. The number of amides is 1. The number of rotatable bonds is 5. The first-order valence-electron chi connectivity index (χ1n) is 6.77. The van der Waals surface area contributed by atoms with Crippen LogP contribution in [0.5, 0.6) is 0 Å². The van der Waals surface area contributed by atoms with Crippen LogP contribution in [0.4, 0.5) is 5.69 Å². The van der Waals surface area contributed by atoms with Crippen molar-refractivity contribution >= 4 is 17.6 Å². The van der Waals surface area contributed by atoms with Crippen molar-refractivity contribution in [2.75, 3.05) is 26.0 Å². The van der Waals surface area contributed by atoms with Gasteiger partial charge in [-0.3, -0.25) is 9.78 Å². The highest BCUT2D eigenvalue weighted by Gasteiger charge is 2.30. The Morgan fingerprint density at radius 3 is 2.86 bits per heavy atom. The predicted octanol–water partition coefficient (Wildman–Crippen LogP) is 0.827. The summed E-state index contributed by atoms with van der Waals surface area (Å²) in [6.07, 6.45) is 1.96. The van der Waals surface area contributed by atoms with Gasteiger partial charge in [-0.1, -0.05) is 0 Å². The van der Waals surface area contributed by atoms with Gasteiger partial charge in [0.1, 0.15) is 5.69 Å². The second kappa shape index (κ2) is 6.53. The molecule has 1 aromatic rings. The van der Waals surface area contributed by atoms with Gasteiger partial charge in [0.05, 0.1) is 6.10 Å². The monoisotopic (exact) mass is 293 g/mol. The van der Waals surface area contributed by atoms with Crippen molar-refractivity contribution in [1.29, 1.82) is 0 Å². The Bertz CT molecular complexity index is 533. The van der Waals surface area contributed by atoms with E-state index in [1.165, 1.54) is 4.90 Å². The van der Waals surface area contributed by atoms with E-state index in [1.807, 2.05) is 0 Å². The molecule has 0 aliphatic carbocycles. The summed E-state index contributed by atoms with van der Waals surface area (Å²) in [4.78, 5) is 28.1. The molecule has 0 radical (unpaired) electrons. The highest BCUT2D eigenvalue weighted by atomic mass is 16.5. The predicted molar refractivity (Wildman–Crippen MR) is 76.3 cm³/mol. The zero-order chi connectivity index (χ0) is 15.4. The highest BCUT2D eigenvalue weighted by Crippen LogP contribution is 2.20. The summed E-state index contributed by atoms with van der Waals surface area (Å²) in [5.41, 5.74) is 1.12. The number of hydrogen-bond acceptors (Lipinski definition) is 5. The Hall–Kier alpha value is -2.15. The summed E-state index contributed by atoms with van der Waals surface area (Å²) in [6, 6.07) is 3.43. The summed E-state index contributed by atoms with van der Waals surface area (Å²) >= 11 is 0. The maximum Gasteiger partial charge on any atom is 0.332 e. The molecule has 1 saturated heterocycles. The van der Waals surface area contributed by atoms with Crippen LogP contribution in [0.25, 0.3) is 0 Å². The molecule has 2 rings (SSSR count). The van der Waals surface area contributed by atoms with Crippen LogP contribution in [-0.2, 0) is 9.53 Å². The van der Waals surface area contributed by atoms with Crippen LogP contribution in [0.15, 0.2) is 18.3 Å². The molecule has 2 N–H and O–H groups in total. The number of carbonyl (C=O) groups is 2. The van der Waals surface area contributed by atoms with E-state index in [2.05, 4.69) is 10.3 Å². The van der Waals surface area contributed by atoms with E-state index >= 15 is 0 Å². The van der Waals surface area contributed by atoms with Gasteiger partial charge in [0.25, 0.3) is 5.91 Å². The number of ether oxygens (including phenoxy) is 1. The van der Waals surface area contributed by atoms with E-state index in [9.17, 15) is 9.59 Å². The molecule has 114 valence electrons. The Morgan fingerprint density at radius 1 is 1.48 bits per heavy atom. The van der Waals surface area contributed by atoms with Gasteiger partial charge in [-0.05, 0) is 25.0 Å². The maximum atomic E-state index is 11.8. The van der Waals surface area contributed by atoms with E-state index in [0.29, 0.717) is 25.1 Å². The van der Waals surface area contributed by atoms with E-state index in [-0.39, 0.29) is 12.0 Å². The number of nitrogens with one attached hydrogen (secondary N) is 1. The minimum Gasteiger partial charge on any atom is -0.479 e. The van der Waals surface area contributed by atoms with Gasteiger partial charge in [-0.15, -0.1) is 0 Å². The van der Waals surface area contributed by atoms with Crippen molar-refractivity contribution in [1.82, 2.24) is 9.88 Å². The second-order valence-electron chi connectivity index (χ2n) is 5.17. The first kappa shape index (κ1) is 15.2. The number of carbonyl (C=O) groups excluding carboxylic acids is 1. The zero-order valence-corrected chi connectivity index (χ0v) is 12.1. The van der Waals surface area contributed by atoms with Crippen LogP contribution in [-0.4, -0.2) is 59.7 Å².